The highest BCUT2D eigenvalue weighted by Crippen LogP contribution is 2.30. The fraction of sp³-hybridized carbons (Fsp3) is 0.588. The molecule has 0 bridgehead atoms. The number of piperazine rings is 1. The van der Waals surface area contributed by atoms with Gasteiger partial charge in [0, 0.05) is 26.2 Å². The predicted molar refractivity (Wildman–Crippen MR) is 95.5 cm³/mol. The second kappa shape index (κ2) is 7.72. The van der Waals surface area contributed by atoms with Crippen LogP contribution in [-0.4, -0.2) is 67.7 Å². The molecule has 1 aliphatic rings. The molecular formula is C17H26N2O5S. The summed E-state index contributed by atoms with van der Waals surface area (Å²) in [7, 11) is -1.64. The number of carbonyl (C=O) groups is 1. The van der Waals surface area contributed by atoms with Crippen LogP contribution in [0.4, 0.5) is 0 Å². The highest BCUT2D eigenvalue weighted by molar-refractivity contribution is 7.89. The standard InChI is InChI=1S/C17H26N2O5S/c1-5-25(22,23)19-8-6-18(7-9-19)15(17(20)21)14-10-12(2)16(24-4)13(3)11-14/h10-11,15H,5-9H2,1-4H3,(H,20,21). The Morgan fingerprint density at radius 3 is 2.12 bits per heavy atom. The van der Waals surface area contributed by atoms with Crippen molar-refractivity contribution in [2.75, 3.05) is 39.0 Å². The minimum absolute atomic E-state index is 0.0617. The maximum Gasteiger partial charge on any atom is 0.325 e. The van der Waals surface area contributed by atoms with Gasteiger partial charge in [0.25, 0.3) is 0 Å². The Bertz CT molecular complexity index is 716. The summed E-state index contributed by atoms with van der Waals surface area (Å²) in [6, 6.07) is 2.87. The Kier molecular flexibility index (Phi) is 6.08. The molecule has 1 saturated heterocycles. The molecule has 25 heavy (non-hydrogen) atoms. The molecule has 1 heterocycles. The van der Waals surface area contributed by atoms with E-state index in [9.17, 15) is 18.3 Å². The first-order chi connectivity index (χ1) is 11.7. The first-order valence-electron chi connectivity index (χ1n) is 8.31. The molecule has 1 aromatic carbocycles. The molecule has 1 atom stereocenters. The van der Waals surface area contributed by atoms with Crippen molar-refractivity contribution in [2.24, 2.45) is 0 Å². The zero-order chi connectivity index (χ0) is 18.8. The Morgan fingerprint density at radius 1 is 1.20 bits per heavy atom. The third kappa shape index (κ3) is 4.13. The quantitative estimate of drug-likeness (QED) is 0.815. The van der Waals surface area contributed by atoms with Crippen LogP contribution >= 0.6 is 0 Å². The summed E-state index contributed by atoms with van der Waals surface area (Å²) < 4.78 is 30.7. The fourth-order valence-electron chi connectivity index (χ4n) is 3.40. The van der Waals surface area contributed by atoms with Gasteiger partial charge in [-0.1, -0.05) is 12.1 Å². The highest BCUT2D eigenvalue weighted by Gasteiger charge is 2.33. The Morgan fingerprint density at radius 2 is 1.72 bits per heavy atom. The van der Waals surface area contributed by atoms with Gasteiger partial charge in [0.05, 0.1) is 12.9 Å². The average molecular weight is 370 g/mol. The molecule has 1 N–H and O–H groups in total. The summed E-state index contributed by atoms with van der Waals surface area (Å²) in [6.45, 7) is 6.80. The van der Waals surface area contributed by atoms with E-state index in [2.05, 4.69) is 0 Å². The lowest BCUT2D eigenvalue weighted by molar-refractivity contribution is -0.144. The van der Waals surface area contributed by atoms with Gasteiger partial charge in [-0.05, 0) is 37.5 Å². The van der Waals surface area contributed by atoms with Crippen LogP contribution in [-0.2, 0) is 14.8 Å². The summed E-state index contributed by atoms with van der Waals surface area (Å²) in [6.07, 6.45) is 0. The molecule has 0 amide bonds. The zero-order valence-electron chi connectivity index (χ0n) is 15.2. The molecule has 1 aromatic rings. The van der Waals surface area contributed by atoms with Gasteiger partial charge in [-0.25, -0.2) is 8.42 Å². The van der Waals surface area contributed by atoms with E-state index < -0.39 is 22.0 Å². The summed E-state index contributed by atoms with van der Waals surface area (Å²) in [5.74, 6) is -0.116. The molecule has 1 fully saturated rings. The van der Waals surface area contributed by atoms with Gasteiger partial charge in [-0.3, -0.25) is 9.69 Å². The van der Waals surface area contributed by atoms with E-state index in [1.807, 2.05) is 30.9 Å². The monoisotopic (exact) mass is 370 g/mol. The van der Waals surface area contributed by atoms with E-state index in [0.29, 0.717) is 31.7 Å². The Hall–Kier alpha value is -1.64. The first-order valence-corrected chi connectivity index (χ1v) is 9.92. The molecule has 0 aliphatic carbocycles. The second-order valence-electron chi connectivity index (χ2n) is 6.26. The van der Waals surface area contributed by atoms with E-state index in [-0.39, 0.29) is 5.75 Å². The number of sulfonamides is 1. The van der Waals surface area contributed by atoms with Crippen molar-refractivity contribution >= 4 is 16.0 Å². The van der Waals surface area contributed by atoms with Crippen molar-refractivity contribution in [1.82, 2.24) is 9.21 Å². The maximum atomic E-state index is 12.0. The van der Waals surface area contributed by atoms with E-state index in [0.717, 1.165) is 16.9 Å². The van der Waals surface area contributed by atoms with E-state index in [1.165, 1.54) is 4.31 Å². The number of nitrogens with zero attached hydrogens (tertiary/aromatic N) is 2. The number of carboxylic acids is 1. The van der Waals surface area contributed by atoms with E-state index in [1.54, 1.807) is 14.0 Å². The average Bonchev–Trinajstić information content (AvgIpc) is 2.55. The number of aryl methyl sites for hydroxylation is 2. The highest BCUT2D eigenvalue weighted by atomic mass is 32.2. The molecule has 1 aliphatic heterocycles. The van der Waals surface area contributed by atoms with Gasteiger partial charge in [-0.2, -0.15) is 4.31 Å². The van der Waals surface area contributed by atoms with Crippen LogP contribution in [0.5, 0.6) is 5.75 Å². The lowest BCUT2D eigenvalue weighted by Crippen LogP contribution is -2.51. The third-order valence-corrected chi connectivity index (χ3v) is 6.51. The number of benzene rings is 1. The minimum atomic E-state index is -3.23. The largest absolute Gasteiger partial charge is 0.496 e. The van der Waals surface area contributed by atoms with Crippen molar-refractivity contribution in [2.45, 2.75) is 26.8 Å². The number of methoxy groups -OCH3 is 1. The van der Waals surface area contributed by atoms with Gasteiger partial charge >= 0.3 is 5.97 Å². The summed E-state index contributed by atoms with van der Waals surface area (Å²) >= 11 is 0. The van der Waals surface area contributed by atoms with Crippen molar-refractivity contribution in [3.05, 3.63) is 28.8 Å². The minimum Gasteiger partial charge on any atom is -0.496 e. The molecule has 7 nitrogen and oxygen atoms in total. The SMILES string of the molecule is CCS(=O)(=O)N1CCN(C(C(=O)O)c2cc(C)c(OC)c(C)c2)CC1. The van der Waals surface area contributed by atoms with Gasteiger partial charge in [-0.15, -0.1) is 0 Å². The second-order valence-corrected chi connectivity index (χ2v) is 8.52. The van der Waals surface area contributed by atoms with Crippen molar-refractivity contribution in [3.8, 4) is 5.75 Å². The van der Waals surface area contributed by atoms with Gasteiger partial charge < -0.3 is 9.84 Å². The number of ether oxygens (including phenoxy) is 1. The predicted octanol–water partition coefficient (Wildman–Crippen LogP) is 1.41. The molecule has 2 rings (SSSR count). The van der Waals surface area contributed by atoms with Crippen LogP contribution in [0.15, 0.2) is 12.1 Å². The number of carboxylic acid groups (broad SMARTS) is 1. The van der Waals surface area contributed by atoms with E-state index in [4.69, 9.17) is 4.74 Å². The normalized spacial score (nSPS) is 18.1. The van der Waals surface area contributed by atoms with Gasteiger partial charge in [0.15, 0.2) is 0 Å². The summed E-state index contributed by atoms with van der Waals surface area (Å²) in [4.78, 5) is 13.7. The van der Waals surface area contributed by atoms with Crippen LogP contribution in [0.3, 0.4) is 0 Å². The van der Waals surface area contributed by atoms with Gasteiger partial charge in [0.2, 0.25) is 10.0 Å². The van der Waals surface area contributed by atoms with Crippen molar-refractivity contribution < 1.29 is 23.1 Å². The van der Waals surface area contributed by atoms with Gasteiger partial charge in [0.1, 0.15) is 11.8 Å². The zero-order valence-corrected chi connectivity index (χ0v) is 16.0. The van der Waals surface area contributed by atoms with Crippen LogP contribution < -0.4 is 4.74 Å². The molecule has 0 aromatic heterocycles. The van der Waals surface area contributed by atoms with Crippen LogP contribution in [0.2, 0.25) is 0 Å². The smallest absolute Gasteiger partial charge is 0.325 e. The molecular weight excluding hydrogens is 344 g/mol. The summed E-state index contributed by atoms with van der Waals surface area (Å²) in [5.41, 5.74) is 2.46. The molecule has 140 valence electrons. The Labute approximate surface area is 149 Å². The maximum absolute atomic E-state index is 12.0. The van der Waals surface area contributed by atoms with E-state index >= 15 is 0 Å². The van der Waals surface area contributed by atoms with Crippen LogP contribution in [0, 0.1) is 13.8 Å². The van der Waals surface area contributed by atoms with Crippen LogP contribution in [0.1, 0.15) is 29.7 Å². The molecule has 1 unspecified atom stereocenters. The number of aliphatic carboxylic acids is 1. The molecule has 8 heteroatoms. The number of rotatable bonds is 6. The number of hydrogen-bond donors (Lipinski definition) is 1. The molecule has 0 saturated carbocycles. The number of hydrogen-bond acceptors (Lipinski definition) is 5. The first kappa shape index (κ1) is 19.7. The third-order valence-electron chi connectivity index (χ3n) is 4.63. The lowest BCUT2D eigenvalue weighted by atomic mass is 9.98. The topological polar surface area (TPSA) is 87.2 Å². The molecule has 0 radical (unpaired) electrons. The summed E-state index contributed by atoms with van der Waals surface area (Å²) in [5, 5.41) is 9.75. The Balaban J connectivity index is 2.25. The van der Waals surface area contributed by atoms with Crippen molar-refractivity contribution in [1.29, 1.82) is 0 Å². The van der Waals surface area contributed by atoms with Crippen molar-refractivity contribution in [3.63, 3.8) is 0 Å². The molecule has 0 spiro atoms. The van der Waals surface area contributed by atoms with Crippen LogP contribution in [0.25, 0.3) is 0 Å². The fourth-order valence-corrected chi connectivity index (χ4v) is 4.48. The lowest BCUT2D eigenvalue weighted by Gasteiger charge is -2.37.